The summed E-state index contributed by atoms with van der Waals surface area (Å²) in [5.41, 5.74) is 1.01. The van der Waals surface area contributed by atoms with Gasteiger partial charge < -0.3 is 4.74 Å². The third kappa shape index (κ3) is 3.18. The monoisotopic (exact) mass is 322 g/mol. The molecule has 3 nitrogen and oxygen atoms in total. The molecule has 102 valence electrons. The first-order chi connectivity index (χ1) is 9.20. The van der Waals surface area contributed by atoms with Gasteiger partial charge in [-0.2, -0.15) is 0 Å². The molecule has 0 aliphatic carbocycles. The van der Waals surface area contributed by atoms with E-state index in [1.165, 1.54) is 25.9 Å². The molecular weight excluding hydrogens is 305 g/mol. The smallest absolute Gasteiger partial charge is 0.310 e. The SMILES string of the molecule is O=[11C](Cc1ccc(Br)cc1)OC1CN2CCC1CC2. The normalized spacial score (nSPS) is 29.2. The molecule has 19 heavy (non-hydrogen) atoms. The van der Waals surface area contributed by atoms with E-state index in [9.17, 15) is 4.79 Å². The molecule has 3 fully saturated rings. The molecule has 1 unspecified atom stereocenters. The van der Waals surface area contributed by atoms with Crippen molar-refractivity contribution < 1.29 is 9.53 Å². The van der Waals surface area contributed by atoms with E-state index in [2.05, 4.69) is 20.8 Å². The van der Waals surface area contributed by atoms with E-state index in [0.29, 0.717) is 12.3 Å². The number of piperidine rings is 3. The topological polar surface area (TPSA) is 29.5 Å². The van der Waals surface area contributed by atoms with E-state index in [-0.39, 0.29) is 12.1 Å². The molecule has 3 aliphatic heterocycles. The molecule has 0 amide bonds. The Morgan fingerprint density at radius 3 is 2.53 bits per heavy atom. The minimum atomic E-state index is -0.0962. The molecule has 4 rings (SSSR count). The molecule has 0 spiro atoms. The fourth-order valence-corrected chi connectivity index (χ4v) is 3.29. The second-order valence-electron chi connectivity index (χ2n) is 5.47. The highest BCUT2D eigenvalue weighted by atomic mass is 79.9. The maximum Gasteiger partial charge on any atom is 0.310 e. The zero-order valence-corrected chi connectivity index (χ0v) is 12.4. The van der Waals surface area contributed by atoms with Crippen LogP contribution in [0.5, 0.6) is 0 Å². The Morgan fingerprint density at radius 2 is 1.95 bits per heavy atom. The van der Waals surface area contributed by atoms with Gasteiger partial charge in [-0.05, 0) is 49.5 Å². The van der Waals surface area contributed by atoms with Crippen molar-refractivity contribution in [2.75, 3.05) is 19.6 Å². The molecule has 0 radical (unpaired) electrons. The first-order valence-electron chi connectivity index (χ1n) is 6.87. The third-order valence-electron chi connectivity index (χ3n) is 4.14. The highest BCUT2D eigenvalue weighted by Crippen LogP contribution is 2.29. The summed E-state index contributed by atoms with van der Waals surface area (Å²) in [5.74, 6) is 0.486. The number of hydrogen-bond acceptors (Lipinski definition) is 3. The third-order valence-corrected chi connectivity index (χ3v) is 4.67. The van der Waals surface area contributed by atoms with Crippen molar-refractivity contribution in [3.8, 4) is 0 Å². The minimum Gasteiger partial charge on any atom is -0.460 e. The zero-order valence-electron chi connectivity index (χ0n) is 10.8. The van der Waals surface area contributed by atoms with Crippen LogP contribution in [0.15, 0.2) is 28.7 Å². The van der Waals surface area contributed by atoms with Gasteiger partial charge in [-0.3, -0.25) is 9.69 Å². The number of hydrogen-bond donors (Lipinski definition) is 0. The van der Waals surface area contributed by atoms with Gasteiger partial charge in [0.25, 0.3) is 0 Å². The molecule has 3 heterocycles. The van der Waals surface area contributed by atoms with Gasteiger partial charge in [0.1, 0.15) is 6.10 Å². The fraction of sp³-hybridized carbons (Fsp3) is 0.533. The molecular formula is C15H18BrNO2. The van der Waals surface area contributed by atoms with Gasteiger partial charge in [-0.1, -0.05) is 28.1 Å². The van der Waals surface area contributed by atoms with E-state index in [1.807, 2.05) is 24.3 Å². The summed E-state index contributed by atoms with van der Waals surface area (Å²) < 4.78 is 6.70. The summed E-state index contributed by atoms with van der Waals surface area (Å²) in [6, 6.07) is 7.83. The molecule has 1 aromatic rings. The van der Waals surface area contributed by atoms with Gasteiger partial charge in [0.15, 0.2) is 0 Å². The van der Waals surface area contributed by atoms with Crippen molar-refractivity contribution in [2.45, 2.75) is 25.4 Å². The lowest BCUT2D eigenvalue weighted by atomic mass is 9.84. The predicted octanol–water partition coefficient (Wildman–Crippen LogP) is 2.63. The lowest BCUT2D eigenvalue weighted by Gasteiger charge is -2.43. The van der Waals surface area contributed by atoms with E-state index in [0.717, 1.165) is 16.6 Å². The Bertz CT molecular complexity index is 452. The lowest BCUT2D eigenvalue weighted by molar-refractivity contribution is -0.157. The Balaban J connectivity index is 1.55. The van der Waals surface area contributed by atoms with Crippen molar-refractivity contribution in [1.82, 2.24) is 4.90 Å². The summed E-state index contributed by atoms with van der Waals surface area (Å²) >= 11 is 3.39. The molecule has 3 aliphatic rings. The van der Waals surface area contributed by atoms with Crippen LogP contribution in [0.25, 0.3) is 0 Å². The van der Waals surface area contributed by atoms with Gasteiger partial charge in [0, 0.05) is 11.0 Å². The fourth-order valence-electron chi connectivity index (χ4n) is 3.02. The number of carbonyl (C=O) groups is 1. The predicted molar refractivity (Wildman–Crippen MR) is 76.9 cm³/mol. The standard InChI is InChI=1S/C15H18BrNO2/c16-13-3-1-11(2-4-13)9-15(18)19-14-10-17-7-5-12(14)6-8-17/h1-4,12,14H,5-10H2/i15-1. The number of esters is 1. The molecule has 0 N–H and O–H groups in total. The van der Waals surface area contributed by atoms with E-state index >= 15 is 0 Å². The lowest BCUT2D eigenvalue weighted by Crippen LogP contribution is -2.52. The summed E-state index contributed by atoms with van der Waals surface area (Å²) in [4.78, 5) is 14.4. The average molecular weight is 323 g/mol. The summed E-state index contributed by atoms with van der Waals surface area (Å²) in [6.45, 7) is 3.27. The number of rotatable bonds is 3. The van der Waals surface area contributed by atoms with Gasteiger partial charge in [0.2, 0.25) is 0 Å². The molecule has 1 atom stereocenters. The minimum absolute atomic E-state index is 0.0962. The quantitative estimate of drug-likeness (QED) is 0.801. The van der Waals surface area contributed by atoms with Crippen LogP contribution in [0.1, 0.15) is 18.4 Å². The molecule has 0 aromatic heterocycles. The van der Waals surface area contributed by atoms with Crippen LogP contribution >= 0.6 is 15.9 Å². The van der Waals surface area contributed by atoms with E-state index in [4.69, 9.17) is 4.74 Å². The number of carbonyl (C=O) groups excluding carboxylic acids is 1. The van der Waals surface area contributed by atoms with Gasteiger partial charge in [-0.25, -0.2) is 0 Å². The van der Waals surface area contributed by atoms with Gasteiger partial charge in [0.05, 0.1) is 6.42 Å². The summed E-state index contributed by atoms with van der Waals surface area (Å²) in [7, 11) is 0. The molecule has 4 heteroatoms. The number of benzene rings is 1. The van der Waals surface area contributed by atoms with Crippen LogP contribution in [0.4, 0.5) is 0 Å². The van der Waals surface area contributed by atoms with Crippen molar-refractivity contribution in [3.63, 3.8) is 0 Å². The first kappa shape index (κ1) is 13.1. The Labute approximate surface area is 122 Å². The largest absolute Gasteiger partial charge is 0.460 e. The number of fused-ring (bicyclic) bond motifs is 3. The van der Waals surface area contributed by atoms with Crippen molar-refractivity contribution in [1.29, 1.82) is 0 Å². The van der Waals surface area contributed by atoms with E-state index < -0.39 is 0 Å². The van der Waals surface area contributed by atoms with Crippen LogP contribution in [0.3, 0.4) is 0 Å². The van der Waals surface area contributed by atoms with Crippen molar-refractivity contribution in [3.05, 3.63) is 34.3 Å². The van der Waals surface area contributed by atoms with Crippen LogP contribution < -0.4 is 0 Å². The van der Waals surface area contributed by atoms with E-state index in [1.54, 1.807) is 0 Å². The highest BCUT2D eigenvalue weighted by Gasteiger charge is 2.36. The van der Waals surface area contributed by atoms with Crippen LogP contribution in [0.2, 0.25) is 0 Å². The van der Waals surface area contributed by atoms with Crippen molar-refractivity contribution in [2.24, 2.45) is 5.92 Å². The van der Waals surface area contributed by atoms with Crippen LogP contribution in [-0.2, 0) is 16.0 Å². The Kier molecular flexibility index (Phi) is 3.89. The number of halogens is 1. The first-order valence-corrected chi connectivity index (χ1v) is 7.66. The maximum absolute atomic E-state index is 12.0. The Hall–Kier alpha value is -0.870. The molecule has 2 bridgehead atoms. The summed E-state index contributed by atoms with van der Waals surface area (Å²) in [5, 5.41) is 0. The van der Waals surface area contributed by atoms with Crippen molar-refractivity contribution >= 4 is 21.9 Å². The van der Waals surface area contributed by atoms with Crippen LogP contribution in [0, 0.1) is 5.92 Å². The van der Waals surface area contributed by atoms with Gasteiger partial charge >= 0.3 is 5.97 Å². The summed E-state index contributed by atoms with van der Waals surface area (Å²) in [6.07, 6.45) is 2.84. The number of ether oxygens (including phenoxy) is 1. The van der Waals surface area contributed by atoms with Crippen LogP contribution in [-0.4, -0.2) is 36.6 Å². The highest BCUT2D eigenvalue weighted by molar-refractivity contribution is 9.10. The zero-order chi connectivity index (χ0) is 13.2. The number of nitrogens with zero attached hydrogens (tertiary/aromatic N) is 1. The second-order valence-corrected chi connectivity index (χ2v) is 6.39. The molecule has 1 aromatic carbocycles. The Morgan fingerprint density at radius 1 is 1.26 bits per heavy atom. The second kappa shape index (κ2) is 5.63. The maximum atomic E-state index is 12.0. The molecule has 3 saturated heterocycles. The van der Waals surface area contributed by atoms with Gasteiger partial charge in [-0.15, -0.1) is 0 Å². The average Bonchev–Trinajstić information content (AvgIpc) is 2.43. The molecule has 0 saturated carbocycles.